The van der Waals surface area contributed by atoms with Gasteiger partial charge < -0.3 is 10.2 Å². The van der Waals surface area contributed by atoms with Crippen molar-refractivity contribution in [3.05, 3.63) is 59.2 Å². The maximum absolute atomic E-state index is 12.3. The van der Waals surface area contributed by atoms with Crippen molar-refractivity contribution in [2.45, 2.75) is 39.5 Å². The van der Waals surface area contributed by atoms with Crippen LogP contribution in [-0.4, -0.2) is 24.1 Å². The first-order valence-electron chi connectivity index (χ1n) is 9.25. The topological polar surface area (TPSA) is 66.5 Å². The minimum atomic E-state index is -0.211. The van der Waals surface area contributed by atoms with E-state index >= 15 is 0 Å². The number of benzene rings is 2. The number of aryl methyl sites for hydroxylation is 2. The van der Waals surface area contributed by atoms with Crippen molar-refractivity contribution in [1.82, 2.24) is 0 Å². The monoisotopic (exact) mass is 364 g/mol. The SMILES string of the molecule is Cc1ccc(C(=O)CCC(=O)Nc2cccc(N3CCCC3=O)c2)cc1C. The predicted molar refractivity (Wildman–Crippen MR) is 106 cm³/mol. The number of carbonyl (C=O) groups excluding carboxylic acids is 3. The van der Waals surface area contributed by atoms with Crippen LogP contribution in [0.25, 0.3) is 0 Å². The number of rotatable bonds is 6. The molecule has 0 aliphatic carbocycles. The van der Waals surface area contributed by atoms with Crippen molar-refractivity contribution >= 4 is 29.0 Å². The molecule has 1 aliphatic heterocycles. The molecule has 0 bridgehead atoms. The van der Waals surface area contributed by atoms with Crippen LogP contribution < -0.4 is 10.2 Å². The first-order chi connectivity index (χ1) is 12.9. The lowest BCUT2D eigenvalue weighted by atomic mass is 10.0. The number of hydrogen-bond donors (Lipinski definition) is 1. The van der Waals surface area contributed by atoms with Gasteiger partial charge in [0.1, 0.15) is 0 Å². The van der Waals surface area contributed by atoms with Gasteiger partial charge in [-0.1, -0.05) is 18.2 Å². The predicted octanol–water partition coefficient (Wildman–Crippen LogP) is 4.03. The molecule has 1 N–H and O–H groups in total. The normalized spacial score (nSPS) is 13.7. The number of nitrogens with zero attached hydrogens (tertiary/aromatic N) is 1. The highest BCUT2D eigenvalue weighted by atomic mass is 16.2. The molecular weight excluding hydrogens is 340 g/mol. The molecule has 1 aliphatic rings. The summed E-state index contributed by atoms with van der Waals surface area (Å²) in [5, 5.41) is 2.82. The Labute approximate surface area is 159 Å². The van der Waals surface area contributed by atoms with Crippen LogP contribution in [0.1, 0.15) is 47.2 Å². The molecule has 1 fully saturated rings. The molecular formula is C22H24N2O3. The summed E-state index contributed by atoms with van der Waals surface area (Å²) in [4.78, 5) is 38.1. The Balaban J connectivity index is 1.57. The van der Waals surface area contributed by atoms with Gasteiger partial charge in [-0.2, -0.15) is 0 Å². The Hall–Kier alpha value is -2.95. The van der Waals surface area contributed by atoms with Crippen LogP contribution in [0.3, 0.4) is 0 Å². The van der Waals surface area contributed by atoms with Crippen LogP contribution in [0.15, 0.2) is 42.5 Å². The zero-order valence-electron chi connectivity index (χ0n) is 15.7. The Morgan fingerprint density at radius 2 is 1.85 bits per heavy atom. The Kier molecular flexibility index (Phi) is 5.69. The molecule has 2 amide bonds. The van der Waals surface area contributed by atoms with E-state index in [0.717, 1.165) is 23.2 Å². The van der Waals surface area contributed by atoms with E-state index in [0.29, 0.717) is 24.2 Å². The zero-order valence-corrected chi connectivity index (χ0v) is 15.7. The summed E-state index contributed by atoms with van der Waals surface area (Å²) in [7, 11) is 0. The van der Waals surface area contributed by atoms with Crippen molar-refractivity contribution in [3.8, 4) is 0 Å². The first kappa shape index (κ1) is 18.8. The van der Waals surface area contributed by atoms with E-state index in [1.165, 1.54) is 0 Å². The van der Waals surface area contributed by atoms with Crippen LogP contribution >= 0.6 is 0 Å². The summed E-state index contributed by atoms with van der Waals surface area (Å²) < 4.78 is 0. The van der Waals surface area contributed by atoms with Crippen molar-refractivity contribution in [3.63, 3.8) is 0 Å². The fourth-order valence-electron chi connectivity index (χ4n) is 3.18. The molecule has 1 heterocycles. The fraction of sp³-hybridized carbons (Fsp3) is 0.318. The van der Waals surface area contributed by atoms with Gasteiger partial charge in [-0.3, -0.25) is 14.4 Å². The van der Waals surface area contributed by atoms with Gasteiger partial charge in [0, 0.05) is 42.7 Å². The average molecular weight is 364 g/mol. The lowest BCUT2D eigenvalue weighted by molar-refractivity contribution is -0.117. The first-order valence-corrected chi connectivity index (χ1v) is 9.25. The second-order valence-corrected chi connectivity index (χ2v) is 6.97. The van der Waals surface area contributed by atoms with E-state index in [1.807, 2.05) is 38.1 Å². The van der Waals surface area contributed by atoms with E-state index in [2.05, 4.69) is 5.32 Å². The molecule has 5 heteroatoms. The van der Waals surface area contributed by atoms with Gasteiger partial charge in [0.05, 0.1) is 0 Å². The lowest BCUT2D eigenvalue weighted by Crippen LogP contribution is -2.23. The van der Waals surface area contributed by atoms with Crippen molar-refractivity contribution in [2.75, 3.05) is 16.8 Å². The Morgan fingerprint density at radius 3 is 2.56 bits per heavy atom. The molecule has 0 aromatic heterocycles. The molecule has 3 rings (SSSR count). The number of carbonyl (C=O) groups is 3. The molecule has 2 aromatic rings. The fourth-order valence-corrected chi connectivity index (χ4v) is 3.18. The molecule has 2 aromatic carbocycles. The summed E-state index contributed by atoms with van der Waals surface area (Å²) in [6.45, 7) is 4.68. The van der Waals surface area contributed by atoms with Crippen LogP contribution in [0, 0.1) is 13.8 Å². The van der Waals surface area contributed by atoms with Gasteiger partial charge in [0.25, 0.3) is 0 Å². The number of nitrogens with one attached hydrogen (secondary N) is 1. The standard InChI is InChI=1S/C22H24N2O3/c1-15-8-9-17(13-16(15)2)20(25)10-11-21(26)23-18-5-3-6-19(14-18)24-12-4-7-22(24)27/h3,5-6,8-9,13-14H,4,7,10-12H2,1-2H3,(H,23,26). The van der Waals surface area contributed by atoms with Gasteiger partial charge in [-0.05, 0) is 55.7 Å². The summed E-state index contributed by atoms with van der Waals surface area (Å²) in [6.07, 6.45) is 1.71. The number of amides is 2. The van der Waals surface area contributed by atoms with Gasteiger partial charge >= 0.3 is 0 Å². The molecule has 0 unspecified atom stereocenters. The molecule has 0 saturated carbocycles. The van der Waals surface area contributed by atoms with Crippen molar-refractivity contribution < 1.29 is 14.4 Å². The third-order valence-corrected chi connectivity index (χ3v) is 4.92. The van der Waals surface area contributed by atoms with E-state index in [1.54, 1.807) is 23.1 Å². The zero-order chi connectivity index (χ0) is 19.4. The largest absolute Gasteiger partial charge is 0.326 e. The molecule has 0 spiro atoms. The van der Waals surface area contributed by atoms with Crippen molar-refractivity contribution in [2.24, 2.45) is 0 Å². The van der Waals surface area contributed by atoms with Gasteiger partial charge in [0.15, 0.2) is 5.78 Å². The number of anilines is 2. The van der Waals surface area contributed by atoms with Crippen LogP contribution in [-0.2, 0) is 9.59 Å². The lowest BCUT2D eigenvalue weighted by Gasteiger charge is -2.16. The minimum Gasteiger partial charge on any atom is -0.326 e. The summed E-state index contributed by atoms with van der Waals surface area (Å²) >= 11 is 0. The van der Waals surface area contributed by atoms with Crippen molar-refractivity contribution in [1.29, 1.82) is 0 Å². The number of Topliss-reactive ketones (excluding diaryl/α,β-unsaturated/α-hetero) is 1. The maximum Gasteiger partial charge on any atom is 0.227 e. The van der Waals surface area contributed by atoms with Gasteiger partial charge in [0.2, 0.25) is 11.8 Å². The average Bonchev–Trinajstić information content (AvgIpc) is 3.08. The second kappa shape index (κ2) is 8.16. The van der Waals surface area contributed by atoms with E-state index in [9.17, 15) is 14.4 Å². The third-order valence-electron chi connectivity index (χ3n) is 4.92. The molecule has 0 radical (unpaired) electrons. The van der Waals surface area contributed by atoms with Crippen LogP contribution in [0.5, 0.6) is 0 Å². The molecule has 140 valence electrons. The smallest absolute Gasteiger partial charge is 0.227 e. The maximum atomic E-state index is 12.3. The molecule has 1 saturated heterocycles. The van der Waals surface area contributed by atoms with E-state index in [4.69, 9.17) is 0 Å². The summed E-state index contributed by atoms with van der Waals surface area (Å²) in [6, 6.07) is 12.9. The van der Waals surface area contributed by atoms with Gasteiger partial charge in [-0.15, -0.1) is 0 Å². The Bertz CT molecular complexity index is 889. The summed E-state index contributed by atoms with van der Waals surface area (Å²) in [5.41, 5.74) is 4.28. The summed E-state index contributed by atoms with van der Waals surface area (Å²) in [5.74, 6) is -0.140. The highest BCUT2D eigenvalue weighted by Gasteiger charge is 2.21. The molecule has 5 nitrogen and oxygen atoms in total. The molecule has 0 atom stereocenters. The molecule has 27 heavy (non-hydrogen) atoms. The highest BCUT2D eigenvalue weighted by Crippen LogP contribution is 2.24. The number of ketones is 1. The number of hydrogen-bond acceptors (Lipinski definition) is 3. The Morgan fingerprint density at radius 1 is 1.04 bits per heavy atom. The quantitative estimate of drug-likeness (QED) is 0.787. The van der Waals surface area contributed by atoms with Crippen LogP contribution in [0.2, 0.25) is 0 Å². The highest BCUT2D eigenvalue weighted by molar-refractivity contribution is 6.00. The third kappa shape index (κ3) is 4.61. The van der Waals surface area contributed by atoms with E-state index in [-0.39, 0.29) is 30.4 Å². The van der Waals surface area contributed by atoms with Crippen LogP contribution in [0.4, 0.5) is 11.4 Å². The second-order valence-electron chi connectivity index (χ2n) is 6.97. The minimum absolute atomic E-state index is 0.0373. The van der Waals surface area contributed by atoms with Gasteiger partial charge in [-0.25, -0.2) is 0 Å². The van der Waals surface area contributed by atoms with E-state index < -0.39 is 0 Å².